The van der Waals surface area contributed by atoms with E-state index >= 15 is 0 Å². The van der Waals surface area contributed by atoms with Crippen molar-refractivity contribution in [2.45, 2.75) is 19.3 Å². The zero-order valence-corrected chi connectivity index (χ0v) is 11.9. The Hall–Kier alpha value is -2.11. The first-order valence-corrected chi connectivity index (χ1v) is 7.38. The fraction of sp³-hybridized carbons (Fsp3) is 0.533. The van der Waals surface area contributed by atoms with Crippen molar-refractivity contribution >= 4 is 17.7 Å². The molecule has 0 bridgehead atoms. The maximum absolute atomic E-state index is 12.3. The Kier molecular flexibility index (Phi) is 3.77. The number of amides is 1. The van der Waals surface area contributed by atoms with Crippen LogP contribution in [0.5, 0.6) is 0 Å². The fourth-order valence-corrected chi connectivity index (χ4v) is 2.97. The molecule has 2 aliphatic heterocycles. The lowest BCUT2D eigenvalue weighted by Crippen LogP contribution is -2.30. The Labute approximate surface area is 123 Å². The highest BCUT2D eigenvalue weighted by Crippen LogP contribution is 2.21. The van der Waals surface area contributed by atoms with Gasteiger partial charge in [0.2, 0.25) is 0 Å². The summed E-state index contributed by atoms with van der Waals surface area (Å²) in [7, 11) is 0. The van der Waals surface area contributed by atoms with Crippen LogP contribution in [0, 0.1) is 5.92 Å². The minimum Gasteiger partial charge on any atom is -0.481 e. The molecule has 0 spiro atoms. The third kappa shape index (κ3) is 2.84. The van der Waals surface area contributed by atoms with E-state index in [4.69, 9.17) is 5.11 Å². The third-order valence-corrected chi connectivity index (χ3v) is 4.25. The van der Waals surface area contributed by atoms with Gasteiger partial charge < -0.3 is 14.9 Å². The molecular weight excluding hydrogens is 270 g/mol. The van der Waals surface area contributed by atoms with Gasteiger partial charge in [0.05, 0.1) is 11.5 Å². The molecule has 1 atom stereocenters. The molecule has 21 heavy (non-hydrogen) atoms. The number of rotatable bonds is 3. The SMILES string of the molecule is O=C(O)C1CCN(C(=O)c2ccc(N3CCCC3)nc2)C1. The molecule has 6 nitrogen and oxygen atoms in total. The minimum atomic E-state index is -0.826. The maximum atomic E-state index is 12.3. The second-order valence-electron chi connectivity index (χ2n) is 5.67. The molecule has 1 amide bonds. The molecule has 0 saturated carbocycles. The molecule has 2 saturated heterocycles. The number of hydrogen-bond acceptors (Lipinski definition) is 4. The van der Waals surface area contributed by atoms with Crippen LogP contribution in [0.15, 0.2) is 18.3 Å². The van der Waals surface area contributed by atoms with Crippen LogP contribution in [-0.2, 0) is 4.79 Å². The van der Waals surface area contributed by atoms with Crippen LogP contribution in [-0.4, -0.2) is 53.0 Å². The Morgan fingerprint density at radius 1 is 1.19 bits per heavy atom. The van der Waals surface area contributed by atoms with Crippen LogP contribution < -0.4 is 4.90 Å². The number of carbonyl (C=O) groups is 2. The summed E-state index contributed by atoms with van der Waals surface area (Å²) in [4.78, 5) is 31.5. The van der Waals surface area contributed by atoms with Crippen molar-refractivity contribution in [1.82, 2.24) is 9.88 Å². The Morgan fingerprint density at radius 2 is 1.95 bits per heavy atom. The minimum absolute atomic E-state index is 0.126. The molecule has 0 aromatic carbocycles. The van der Waals surface area contributed by atoms with Gasteiger partial charge in [-0.05, 0) is 31.4 Å². The number of aromatic nitrogens is 1. The van der Waals surface area contributed by atoms with Gasteiger partial charge in [-0.15, -0.1) is 0 Å². The Bertz CT molecular complexity index is 538. The van der Waals surface area contributed by atoms with Gasteiger partial charge in [0.15, 0.2) is 0 Å². The van der Waals surface area contributed by atoms with E-state index in [0.717, 1.165) is 18.9 Å². The first kappa shape index (κ1) is 13.9. The van der Waals surface area contributed by atoms with Crippen LogP contribution >= 0.6 is 0 Å². The number of aliphatic carboxylic acids is 1. The van der Waals surface area contributed by atoms with Crippen LogP contribution in [0.3, 0.4) is 0 Å². The quantitative estimate of drug-likeness (QED) is 0.906. The zero-order valence-electron chi connectivity index (χ0n) is 11.9. The largest absolute Gasteiger partial charge is 0.481 e. The topological polar surface area (TPSA) is 73.7 Å². The number of carbonyl (C=O) groups excluding carboxylic acids is 1. The molecule has 1 aromatic heterocycles. The molecular formula is C15H19N3O3. The number of anilines is 1. The van der Waals surface area contributed by atoms with Crippen molar-refractivity contribution in [3.63, 3.8) is 0 Å². The van der Waals surface area contributed by atoms with Crippen molar-refractivity contribution < 1.29 is 14.7 Å². The second-order valence-corrected chi connectivity index (χ2v) is 5.67. The van der Waals surface area contributed by atoms with E-state index in [1.807, 2.05) is 6.07 Å². The molecule has 3 heterocycles. The molecule has 1 N–H and O–H groups in total. The van der Waals surface area contributed by atoms with E-state index in [1.54, 1.807) is 17.2 Å². The average molecular weight is 289 g/mol. The predicted octanol–water partition coefficient (Wildman–Crippen LogP) is 1.23. The number of nitrogens with zero attached hydrogens (tertiary/aromatic N) is 3. The molecule has 0 aliphatic carbocycles. The van der Waals surface area contributed by atoms with Gasteiger partial charge in [-0.3, -0.25) is 9.59 Å². The number of likely N-dealkylation sites (tertiary alicyclic amines) is 1. The highest BCUT2D eigenvalue weighted by Gasteiger charge is 2.31. The first-order valence-electron chi connectivity index (χ1n) is 7.38. The van der Waals surface area contributed by atoms with Crippen molar-refractivity contribution in [3.05, 3.63) is 23.9 Å². The monoisotopic (exact) mass is 289 g/mol. The number of carboxylic acids is 1. The number of hydrogen-bond donors (Lipinski definition) is 1. The molecule has 1 unspecified atom stereocenters. The number of pyridine rings is 1. The van der Waals surface area contributed by atoms with Crippen molar-refractivity contribution in [2.75, 3.05) is 31.1 Å². The van der Waals surface area contributed by atoms with Gasteiger partial charge in [-0.2, -0.15) is 0 Å². The molecule has 112 valence electrons. The fourth-order valence-electron chi connectivity index (χ4n) is 2.97. The molecule has 1 aromatic rings. The highest BCUT2D eigenvalue weighted by atomic mass is 16.4. The molecule has 3 rings (SSSR count). The summed E-state index contributed by atoms with van der Waals surface area (Å²) < 4.78 is 0. The molecule has 2 fully saturated rings. The predicted molar refractivity (Wildman–Crippen MR) is 77.3 cm³/mol. The lowest BCUT2D eigenvalue weighted by atomic mass is 10.1. The zero-order chi connectivity index (χ0) is 14.8. The van der Waals surface area contributed by atoms with E-state index in [-0.39, 0.29) is 5.91 Å². The highest BCUT2D eigenvalue weighted by molar-refractivity contribution is 5.94. The summed E-state index contributed by atoms with van der Waals surface area (Å²) in [6, 6.07) is 3.67. The third-order valence-electron chi connectivity index (χ3n) is 4.25. The van der Waals surface area contributed by atoms with E-state index < -0.39 is 11.9 Å². The molecule has 2 aliphatic rings. The van der Waals surface area contributed by atoms with Gasteiger partial charge in [0.1, 0.15) is 5.82 Å². The van der Waals surface area contributed by atoms with E-state index in [0.29, 0.717) is 25.1 Å². The molecule has 6 heteroatoms. The average Bonchev–Trinajstić information content (AvgIpc) is 3.18. The normalized spacial score (nSPS) is 21.8. The van der Waals surface area contributed by atoms with Crippen LogP contribution in [0.4, 0.5) is 5.82 Å². The summed E-state index contributed by atoms with van der Waals surface area (Å²) in [6.45, 7) is 2.84. The van der Waals surface area contributed by atoms with Gasteiger partial charge in [0.25, 0.3) is 5.91 Å². The van der Waals surface area contributed by atoms with E-state index in [2.05, 4.69) is 9.88 Å². The van der Waals surface area contributed by atoms with Crippen LogP contribution in [0.25, 0.3) is 0 Å². The van der Waals surface area contributed by atoms with Gasteiger partial charge >= 0.3 is 5.97 Å². The molecule has 0 radical (unpaired) electrons. The summed E-state index contributed by atoms with van der Waals surface area (Å²) in [5.74, 6) is -0.480. The summed E-state index contributed by atoms with van der Waals surface area (Å²) in [5.41, 5.74) is 0.531. The number of carboxylic acid groups (broad SMARTS) is 1. The maximum Gasteiger partial charge on any atom is 0.308 e. The van der Waals surface area contributed by atoms with Crippen molar-refractivity contribution in [3.8, 4) is 0 Å². The first-order chi connectivity index (χ1) is 10.1. The van der Waals surface area contributed by atoms with Crippen molar-refractivity contribution in [1.29, 1.82) is 0 Å². The van der Waals surface area contributed by atoms with Gasteiger partial charge in [-0.1, -0.05) is 0 Å². The van der Waals surface area contributed by atoms with Crippen LogP contribution in [0.2, 0.25) is 0 Å². The Morgan fingerprint density at radius 3 is 2.52 bits per heavy atom. The van der Waals surface area contributed by atoms with Gasteiger partial charge in [-0.25, -0.2) is 4.98 Å². The van der Waals surface area contributed by atoms with Crippen LogP contribution in [0.1, 0.15) is 29.6 Å². The second kappa shape index (κ2) is 5.71. The van der Waals surface area contributed by atoms with E-state index in [9.17, 15) is 9.59 Å². The smallest absolute Gasteiger partial charge is 0.308 e. The summed E-state index contributed by atoms with van der Waals surface area (Å²) >= 11 is 0. The Balaban J connectivity index is 1.66. The van der Waals surface area contributed by atoms with E-state index in [1.165, 1.54) is 12.8 Å². The standard InChI is InChI=1S/C15H19N3O3/c19-14(18-8-5-12(10-18)15(20)21)11-3-4-13(16-9-11)17-6-1-2-7-17/h3-4,9,12H,1-2,5-8,10H2,(H,20,21). The lowest BCUT2D eigenvalue weighted by Gasteiger charge is -2.18. The summed E-state index contributed by atoms with van der Waals surface area (Å²) in [5, 5.41) is 8.99. The lowest BCUT2D eigenvalue weighted by molar-refractivity contribution is -0.141. The van der Waals surface area contributed by atoms with Crippen molar-refractivity contribution in [2.24, 2.45) is 5.92 Å². The summed E-state index contributed by atoms with van der Waals surface area (Å²) in [6.07, 6.45) is 4.50. The van der Waals surface area contributed by atoms with Gasteiger partial charge in [0, 0.05) is 32.4 Å².